The number of nitrogens with one attached hydrogen (secondary N) is 1. The lowest BCUT2D eigenvalue weighted by molar-refractivity contribution is 0.371. The molecule has 0 amide bonds. The molecule has 8 nitrogen and oxygen atoms in total. The Bertz CT molecular complexity index is 918. The van der Waals surface area contributed by atoms with Crippen LogP contribution in [0.2, 0.25) is 0 Å². The van der Waals surface area contributed by atoms with Crippen molar-refractivity contribution in [3.05, 3.63) is 54.6 Å². The number of hydrogen-bond donors (Lipinski definition) is 1. The highest BCUT2D eigenvalue weighted by Gasteiger charge is 2.20. The van der Waals surface area contributed by atoms with Crippen molar-refractivity contribution in [2.45, 2.75) is 13.3 Å². The zero-order chi connectivity index (χ0) is 19.2. The van der Waals surface area contributed by atoms with Crippen LogP contribution >= 0.6 is 24.0 Å². The van der Waals surface area contributed by atoms with Crippen molar-refractivity contribution in [3.8, 4) is 0 Å². The van der Waals surface area contributed by atoms with E-state index in [1.54, 1.807) is 0 Å². The zero-order valence-corrected chi connectivity index (χ0v) is 18.9. The number of halogens is 1. The maximum absolute atomic E-state index is 4.83. The number of hydrogen-bond acceptors (Lipinski definition) is 5. The van der Waals surface area contributed by atoms with Crippen LogP contribution in [0.15, 0.2) is 53.8 Å². The highest BCUT2D eigenvalue weighted by molar-refractivity contribution is 14.0. The van der Waals surface area contributed by atoms with Crippen LogP contribution in [0.4, 0.5) is 5.82 Å². The van der Waals surface area contributed by atoms with Gasteiger partial charge in [-0.1, -0.05) is 12.1 Å². The first-order valence-electron chi connectivity index (χ1n) is 9.83. The van der Waals surface area contributed by atoms with Crippen LogP contribution in [0.3, 0.4) is 0 Å². The average Bonchev–Trinajstić information content (AvgIpc) is 3.17. The molecule has 0 radical (unpaired) electrons. The first-order valence-corrected chi connectivity index (χ1v) is 9.83. The molecular formula is C20H27IN8. The molecule has 1 N–H and O–H groups in total. The topological polar surface area (TPSA) is 74.0 Å². The number of rotatable bonds is 5. The zero-order valence-electron chi connectivity index (χ0n) is 16.6. The Labute approximate surface area is 188 Å². The van der Waals surface area contributed by atoms with Gasteiger partial charge in [0.25, 0.3) is 0 Å². The maximum atomic E-state index is 4.83. The molecule has 0 spiro atoms. The van der Waals surface area contributed by atoms with E-state index in [2.05, 4.69) is 43.3 Å². The summed E-state index contributed by atoms with van der Waals surface area (Å²) in [5, 5.41) is 11.9. The van der Waals surface area contributed by atoms with E-state index in [-0.39, 0.29) is 24.0 Å². The van der Waals surface area contributed by atoms with E-state index in [4.69, 9.17) is 4.99 Å². The molecule has 1 aliphatic heterocycles. The van der Waals surface area contributed by atoms with Crippen LogP contribution in [-0.4, -0.2) is 69.7 Å². The number of fused-ring (bicyclic) bond motifs is 1. The summed E-state index contributed by atoms with van der Waals surface area (Å²) in [6, 6.07) is 12.0. The molecule has 0 bridgehead atoms. The quantitative estimate of drug-likeness (QED) is 0.325. The lowest BCUT2D eigenvalue weighted by atomic mass is 10.3. The molecule has 3 aromatic heterocycles. The van der Waals surface area contributed by atoms with E-state index in [1.807, 2.05) is 47.1 Å². The Hall–Kier alpha value is -2.43. The van der Waals surface area contributed by atoms with Gasteiger partial charge in [0.1, 0.15) is 11.6 Å². The fourth-order valence-electron chi connectivity index (χ4n) is 3.44. The number of aromatic nitrogens is 4. The Morgan fingerprint density at radius 1 is 1.07 bits per heavy atom. The molecule has 4 heterocycles. The SMILES string of the molecule is CCNC(=NCCc1nnc2ccccn12)N1CCN(c2ccccn2)CC1.I. The fourth-order valence-corrected chi connectivity index (χ4v) is 3.44. The number of nitrogens with zero attached hydrogens (tertiary/aromatic N) is 7. The Balaban J connectivity index is 0.00000240. The standard InChI is InChI=1S/C20H26N8.HI/c1-2-21-20(23-11-9-19-25-24-18-8-4-6-12-28(18)19)27-15-13-26(14-16-27)17-7-3-5-10-22-17;/h3-8,10,12H,2,9,11,13-16H2,1H3,(H,21,23);1H. The largest absolute Gasteiger partial charge is 0.357 e. The number of anilines is 1. The van der Waals surface area contributed by atoms with Gasteiger partial charge in [-0.15, -0.1) is 34.2 Å². The summed E-state index contributed by atoms with van der Waals surface area (Å²) in [6.07, 6.45) is 4.60. The molecule has 0 aliphatic carbocycles. The molecule has 0 saturated carbocycles. The van der Waals surface area contributed by atoms with Gasteiger partial charge >= 0.3 is 0 Å². The van der Waals surface area contributed by atoms with Crippen molar-refractivity contribution in [3.63, 3.8) is 0 Å². The van der Waals surface area contributed by atoms with Gasteiger partial charge in [0.15, 0.2) is 11.6 Å². The summed E-state index contributed by atoms with van der Waals surface area (Å²) in [5.41, 5.74) is 0.874. The molecule has 9 heteroatoms. The molecule has 1 saturated heterocycles. The predicted octanol–water partition coefficient (Wildman–Crippen LogP) is 2.07. The smallest absolute Gasteiger partial charge is 0.194 e. The number of piperazine rings is 1. The van der Waals surface area contributed by atoms with Crippen molar-refractivity contribution in [2.75, 3.05) is 44.2 Å². The van der Waals surface area contributed by atoms with Crippen LogP contribution < -0.4 is 10.2 Å². The number of aliphatic imine (C=N–C) groups is 1. The van der Waals surface area contributed by atoms with Crippen molar-refractivity contribution in [1.82, 2.24) is 29.8 Å². The van der Waals surface area contributed by atoms with Crippen molar-refractivity contribution >= 4 is 41.4 Å². The normalized spacial score (nSPS) is 14.7. The molecule has 1 aliphatic rings. The summed E-state index contributed by atoms with van der Waals surface area (Å²) in [4.78, 5) is 13.9. The minimum Gasteiger partial charge on any atom is -0.357 e. The third kappa shape index (κ3) is 5.14. The van der Waals surface area contributed by atoms with Crippen LogP contribution in [0.1, 0.15) is 12.7 Å². The van der Waals surface area contributed by atoms with Gasteiger partial charge in [-0.25, -0.2) is 4.98 Å². The highest BCUT2D eigenvalue weighted by atomic mass is 127. The Kier molecular flexibility index (Phi) is 7.62. The van der Waals surface area contributed by atoms with Gasteiger partial charge in [0.2, 0.25) is 0 Å². The Morgan fingerprint density at radius 3 is 2.66 bits per heavy atom. The average molecular weight is 506 g/mol. The van der Waals surface area contributed by atoms with Crippen LogP contribution in [0, 0.1) is 0 Å². The molecule has 0 aromatic carbocycles. The number of guanidine groups is 1. The molecule has 0 atom stereocenters. The molecule has 3 aromatic rings. The van der Waals surface area contributed by atoms with Crippen LogP contribution in [0.5, 0.6) is 0 Å². The fraction of sp³-hybridized carbons (Fsp3) is 0.400. The van der Waals surface area contributed by atoms with Gasteiger partial charge in [0, 0.05) is 58.1 Å². The van der Waals surface area contributed by atoms with Crippen molar-refractivity contribution < 1.29 is 0 Å². The van der Waals surface area contributed by atoms with Crippen molar-refractivity contribution in [1.29, 1.82) is 0 Å². The van der Waals surface area contributed by atoms with E-state index in [1.165, 1.54) is 0 Å². The molecule has 0 unspecified atom stereocenters. The van der Waals surface area contributed by atoms with E-state index in [0.29, 0.717) is 6.54 Å². The van der Waals surface area contributed by atoms with E-state index in [0.717, 1.165) is 62.4 Å². The first-order chi connectivity index (χ1) is 13.8. The summed E-state index contributed by atoms with van der Waals surface area (Å²) in [6.45, 7) is 7.37. The summed E-state index contributed by atoms with van der Waals surface area (Å²) >= 11 is 0. The summed E-state index contributed by atoms with van der Waals surface area (Å²) in [5.74, 6) is 2.95. The molecule has 1 fully saturated rings. The molecule has 29 heavy (non-hydrogen) atoms. The van der Waals surface area contributed by atoms with E-state index < -0.39 is 0 Å². The second-order valence-corrected chi connectivity index (χ2v) is 6.69. The third-order valence-electron chi connectivity index (χ3n) is 4.87. The monoisotopic (exact) mass is 506 g/mol. The van der Waals surface area contributed by atoms with Gasteiger partial charge in [-0.3, -0.25) is 9.39 Å². The predicted molar refractivity (Wildman–Crippen MR) is 126 cm³/mol. The van der Waals surface area contributed by atoms with Gasteiger partial charge < -0.3 is 15.1 Å². The number of pyridine rings is 2. The minimum absolute atomic E-state index is 0. The summed E-state index contributed by atoms with van der Waals surface area (Å²) in [7, 11) is 0. The highest BCUT2D eigenvalue weighted by Crippen LogP contribution is 2.12. The van der Waals surface area contributed by atoms with Crippen molar-refractivity contribution in [2.24, 2.45) is 4.99 Å². The lowest BCUT2D eigenvalue weighted by Crippen LogP contribution is -2.52. The van der Waals surface area contributed by atoms with Gasteiger partial charge in [-0.05, 0) is 31.2 Å². The van der Waals surface area contributed by atoms with E-state index in [9.17, 15) is 0 Å². The minimum atomic E-state index is 0. The second-order valence-electron chi connectivity index (χ2n) is 6.69. The van der Waals surface area contributed by atoms with Gasteiger partial charge in [0.05, 0.1) is 0 Å². The lowest BCUT2D eigenvalue weighted by Gasteiger charge is -2.37. The van der Waals surface area contributed by atoms with E-state index >= 15 is 0 Å². The molecule has 154 valence electrons. The summed E-state index contributed by atoms with van der Waals surface area (Å²) < 4.78 is 2.02. The first kappa shape index (κ1) is 21.3. The van der Waals surface area contributed by atoms with Gasteiger partial charge in [-0.2, -0.15) is 0 Å². The second kappa shape index (κ2) is 10.4. The maximum Gasteiger partial charge on any atom is 0.194 e. The van der Waals surface area contributed by atoms with Crippen LogP contribution in [-0.2, 0) is 6.42 Å². The Morgan fingerprint density at radius 2 is 1.90 bits per heavy atom. The molecular weight excluding hydrogens is 479 g/mol. The molecule has 4 rings (SSSR count). The third-order valence-corrected chi connectivity index (χ3v) is 4.87. The van der Waals surface area contributed by atoms with Crippen LogP contribution in [0.25, 0.3) is 5.65 Å².